The maximum absolute atomic E-state index is 12.5. The molecule has 1 aromatic carbocycles. The first-order valence-electron chi connectivity index (χ1n) is 7.65. The van der Waals surface area contributed by atoms with Crippen LogP contribution in [0.3, 0.4) is 0 Å². The highest BCUT2D eigenvalue weighted by atomic mass is 32.2. The fraction of sp³-hybridized carbons (Fsp3) is 0.235. The Morgan fingerprint density at radius 3 is 2.67 bits per heavy atom. The largest absolute Gasteiger partial charge is 0.265 e. The maximum atomic E-state index is 12.5. The standard InChI is InChI=1S/C17H19N3O2S2/c1-3-20-16(8-9-18-20)15-10-17(23-12-15)24(21,22)19-11-14-6-4-13(2)5-7-14/h4-10,12,19H,3,11H2,1-2H3. The predicted molar refractivity (Wildman–Crippen MR) is 96.4 cm³/mol. The van der Waals surface area contributed by atoms with Gasteiger partial charge in [-0.25, -0.2) is 13.1 Å². The zero-order valence-electron chi connectivity index (χ0n) is 13.6. The molecule has 2 heterocycles. The molecule has 0 fully saturated rings. The molecule has 0 aliphatic rings. The Morgan fingerprint density at radius 2 is 1.96 bits per heavy atom. The number of benzene rings is 1. The molecule has 3 aromatic rings. The van der Waals surface area contributed by atoms with E-state index in [1.807, 2.05) is 54.2 Å². The van der Waals surface area contributed by atoms with Crippen LogP contribution in [0, 0.1) is 6.92 Å². The first-order chi connectivity index (χ1) is 11.5. The Balaban J connectivity index is 1.77. The second-order valence-corrected chi connectivity index (χ2v) is 8.40. The van der Waals surface area contributed by atoms with Crippen molar-refractivity contribution in [1.29, 1.82) is 0 Å². The smallest absolute Gasteiger partial charge is 0.250 e. The first-order valence-corrected chi connectivity index (χ1v) is 10.0. The van der Waals surface area contributed by atoms with Crippen molar-refractivity contribution in [2.45, 2.75) is 31.1 Å². The zero-order valence-corrected chi connectivity index (χ0v) is 15.2. The molecule has 126 valence electrons. The summed E-state index contributed by atoms with van der Waals surface area (Å²) in [6.45, 7) is 5.03. The highest BCUT2D eigenvalue weighted by Crippen LogP contribution is 2.28. The molecule has 2 aromatic heterocycles. The number of thiophene rings is 1. The topological polar surface area (TPSA) is 64.0 Å². The second-order valence-electron chi connectivity index (χ2n) is 5.50. The van der Waals surface area contributed by atoms with Gasteiger partial charge in [0.05, 0.1) is 5.69 Å². The fourth-order valence-corrected chi connectivity index (χ4v) is 4.61. The van der Waals surface area contributed by atoms with Gasteiger partial charge in [0.15, 0.2) is 0 Å². The molecule has 0 unspecified atom stereocenters. The third-order valence-corrected chi connectivity index (χ3v) is 6.58. The SMILES string of the molecule is CCn1nccc1-c1csc(S(=O)(=O)NCc2ccc(C)cc2)c1. The summed E-state index contributed by atoms with van der Waals surface area (Å²) in [7, 11) is -3.52. The monoisotopic (exact) mass is 361 g/mol. The Bertz CT molecular complexity index is 925. The molecule has 0 spiro atoms. The van der Waals surface area contributed by atoms with Crippen LogP contribution in [0.25, 0.3) is 11.3 Å². The third-order valence-electron chi connectivity index (χ3n) is 3.74. The van der Waals surface area contributed by atoms with Crippen LogP contribution in [0.15, 0.2) is 52.2 Å². The molecule has 0 aliphatic carbocycles. The molecule has 0 bridgehead atoms. The van der Waals surface area contributed by atoms with Crippen LogP contribution in [0.4, 0.5) is 0 Å². The molecule has 0 aliphatic heterocycles. The van der Waals surface area contributed by atoms with Crippen molar-refractivity contribution in [3.63, 3.8) is 0 Å². The van der Waals surface area contributed by atoms with Crippen LogP contribution >= 0.6 is 11.3 Å². The number of sulfonamides is 1. The summed E-state index contributed by atoms with van der Waals surface area (Å²) in [6.07, 6.45) is 1.72. The third kappa shape index (κ3) is 3.58. The molecule has 3 rings (SSSR count). The Labute approximate surface area is 146 Å². The number of aromatic nitrogens is 2. The highest BCUT2D eigenvalue weighted by molar-refractivity contribution is 7.91. The van der Waals surface area contributed by atoms with E-state index >= 15 is 0 Å². The Morgan fingerprint density at radius 1 is 1.21 bits per heavy atom. The van der Waals surface area contributed by atoms with Crippen LogP contribution in [-0.4, -0.2) is 18.2 Å². The van der Waals surface area contributed by atoms with Crippen LogP contribution < -0.4 is 4.72 Å². The normalized spacial score (nSPS) is 11.8. The van der Waals surface area contributed by atoms with E-state index in [1.165, 1.54) is 11.3 Å². The van der Waals surface area contributed by atoms with Crippen molar-refractivity contribution >= 4 is 21.4 Å². The van der Waals surface area contributed by atoms with Crippen molar-refractivity contribution in [3.8, 4) is 11.3 Å². The van der Waals surface area contributed by atoms with E-state index in [9.17, 15) is 8.42 Å². The van der Waals surface area contributed by atoms with E-state index in [-0.39, 0.29) is 6.54 Å². The van der Waals surface area contributed by atoms with Gasteiger partial charge in [-0.1, -0.05) is 29.8 Å². The highest BCUT2D eigenvalue weighted by Gasteiger charge is 2.18. The summed E-state index contributed by atoms with van der Waals surface area (Å²) in [5, 5.41) is 6.07. The van der Waals surface area contributed by atoms with E-state index in [4.69, 9.17) is 0 Å². The number of aryl methyl sites for hydroxylation is 2. The number of nitrogens with one attached hydrogen (secondary N) is 1. The molecule has 0 saturated carbocycles. The summed E-state index contributed by atoms with van der Waals surface area (Å²) in [5.74, 6) is 0. The van der Waals surface area contributed by atoms with Gasteiger partial charge in [-0.3, -0.25) is 4.68 Å². The number of rotatable bonds is 6. The minimum Gasteiger partial charge on any atom is -0.265 e. The van der Waals surface area contributed by atoms with Crippen molar-refractivity contribution in [2.24, 2.45) is 0 Å². The lowest BCUT2D eigenvalue weighted by Gasteiger charge is -2.05. The van der Waals surface area contributed by atoms with Crippen LogP contribution in [0.2, 0.25) is 0 Å². The summed E-state index contributed by atoms with van der Waals surface area (Å²) in [4.78, 5) is 0. The minimum atomic E-state index is -3.52. The molecule has 7 heteroatoms. The van der Waals surface area contributed by atoms with Gasteiger partial charge in [-0.15, -0.1) is 11.3 Å². The van der Waals surface area contributed by atoms with Crippen molar-refractivity contribution in [3.05, 3.63) is 59.1 Å². The fourth-order valence-electron chi connectivity index (χ4n) is 2.38. The molecular weight excluding hydrogens is 342 g/mol. The molecule has 0 amide bonds. The lowest BCUT2D eigenvalue weighted by atomic mass is 10.2. The van der Waals surface area contributed by atoms with Crippen molar-refractivity contribution in [2.75, 3.05) is 0 Å². The molecule has 0 radical (unpaired) electrons. The number of nitrogens with zero attached hydrogens (tertiary/aromatic N) is 2. The summed E-state index contributed by atoms with van der Waals surface area (Å²) < 4.78 is 29.8. The summed E-state index contributed by atoms with van der Waals surface area (Å²) in [5.41, 5.74) is 3.88. The van der Waals surface area contributed by atoms with Gasteiger partial charge in [0.2, 0.25) is 10.0 Å². The van der Waals surface area contributed by atoms with Gasteiger partial charge in [-0.2, -0.15) is 5.10 Å². The Hall–Kier alpha value is -1.96. The van der Waals surface area contributed by atoms with Crippen molar-refractivity contribution < 1.29 is 8.42 Å². The zero-order chi connectivity index (χ0) is 17.2. The Kier molecular flexibility index (Phi) is 4.84. The molecule has 5 nitrogen and oxygen atoms in total. The van der Waals surface area contributed by atoms with E-state index in [0.717, 1.165) is 28.9 Å². The van der Waals surface area contributed by atoms with Crippen molar-refractivity contribution in [1.82, 2.24) is 14.5 Å². The van der Waals surface area contributed by atoms with Gasteiger partial charge in [-0.05, 0) is 31.5 Å². The lowest BCUT2D eigenvalue weighted by molar-refractivity contribution is 0.583. The van der Waals surface area contributed by atoms with Crippen LogP contribution in [-0.2, 0) is 23.1 Å². The van der Waals surface area contributed by atoms with Crippen LogP contribution in [0.5, 0.6) is 0 Å². The van der Waals surface area contributed by atoms with Crippen LogP contribution in [0.1, 0.15) is 18.1 Å². The molecule has 1 N–H and O–H groups in total. The molecule has 0 saturated heterocycles. The maximum Gasteiger partial charge on any atom is 0.250 e. The van der Waals surface area contributed by atoms with E-state index in [1.54, 1.807) is 12.3 Å². The van der Waals surface area contributed by atoms with Gasteiger partial charge in [0.25, 0.3) is 0 Å². The summed E-state index contributed by atoms with van der Waals surface area (Å²) in [6, 6.07) is 11.4. The van der Waals surface area contributed by atoms with Gasteiger partial charge in [0, 0.05) is 30.2 Å². The number of hydrogen-bond acceptors (Lipinski definition) is 4. The summed E-state index contributed by atoms with van der Waals surface area (Å²) >= 11 is 1.22. The molecule has 0 atom stereocenters. The second kappa shape index (κ2) is 6.88. The average molecular weight is 361 g/mol. The lowest BCUT2D eigenvalue weighted by Crippen LogP contribution is -2.22. The first kappa shape index (κ1) is 16.9. The van der Waals surface area contributed by atoms with E-state index < -0.39 is 10.0 Å². The van der Waals surface area contributed by atoms with Gasteiger partial charge >= 0.3 is 0 Å². The van der Waals surface area contributed by atoms with E-state index in [2.05, 4.69) is 9.82 Å². The van der Waals surface area contributed by atoms with E-state index in [0.29, 0.717) is 4.21 Å². The molecule has 24 heavy (non-hydrogen) atoms. The predicted octanol–water partition coefficient (Wildman–Crippen LogP) is 3.42. The van der Waals surface area contributed by atoms with Gasteiger partial charge < -0.3 is 0 Å². The van der Waals surface area contributed by atoms with Gasteiger partial charge in [0.1, 0.15) is 4.21 Å². The number of hydrogen-bond donors (Lipinski definition) is 1. The minimum absolute atomic E-state index is 0.280. The average Bonchev–Trinajstić information content (AvgIpc) is 3.23. The molecular formula is C17H19N3O2S2. The quantitative estimate of drug-likeness (QED) is 0.732.